The zero-order valence-corrected chi connectivity index (χ0v) is 20.3. The van der Waals surface area contributed by atoms with E-state index < -0.39 is 11.9 Å². The summed E-state index contributed by atoms with van der Waals surface area (Å²) in [5.74, 6) is -2.53. The number of hydrogen-bond donors (Lipinski definition) is 3. The molecule has 0 fully saturated rings. The average Bonchev–Trinajstić information content (AvgIpc) is 2.80. The predicted octanol–water partition coefficient (Wildman–Crippen LogP) is 4.64. The third-order valence-electron chi connectivity index (χ3n) is 5.26. The standard InChI is InChI=1S/C21H26N2O2S.C4H4O4/c1-4-22(5-2)13-8-14-23-17-9-6-7-10-18(17)26-19-12-11-16(15(3)24)21(25)20(19)23;5-3(6)1-2-4(7)8/h6-7,9-12,25H,4-5,8,13-14H2,1-3H3;1-2H,(H,5,6)(H,7,8). The summed E-state index contributed by atoms with van der Waals surface area (Å²) < 4.78 is 0. The molecule has 3 N–H and O–H groups in total. The summed E-state index contributed by atoms with van der Waals surface area (Å²) in [5, 5.41) is 26.4. The maximum atomic E-state index is 11.9. The summed E-state index contributed by atoms with van der Waals surface area (Å²) in [4.78, 5) is 37.7. The molecule has 0 aliphatic carbocycles. The summed E-state index contributed by atoms with van der Waals surface area (Å²) in [6.45, 7) is 9.75. The van der Waals surface area contributed by atoms with Crippen LogP contribution in [0.5, 0.6) is 5.75 Å². The summed E-state index contributed by atoms with van der Waals surface area (Å²) in [7, 11) is 0. The molecule has 1 heterocycles. The maximum absolute atomic E-state index is 11.9. The molecule has 1 aliphatic rings. The number of nitrogens with zero attached hydrogens (tertiary/aromatic N) is 2. The van der Waals surface area contributed by atoms with Gasteiger partial charge in [0, 0.05) is 28.5 Å². The van der Waals surface area contributed by atoms with Crippen molar-refractivity contribution >= 4 is 40.9 Å². The Labute approximate surface area is 203 Å². The smallest absolute Gasteiger partial charge is 0.328 e. The van der Waals surface area contributed by atoms with Crippen molar-refractivity contribution in [1.29, 1.82) is 0 Å². The third kappa shape index (κ3) is 7.10. The molecule has 2 aromatic carbocycles. The number of carboxylic acids is 2. The number of ketones is 1. The molecule has 2 aromatic rings. The number of carbonyl (C=O) groups is 3. The molecule has 0 saturated heterocycles. The van der Waals surface area contributed by atoms with Gasteiger partial charge >= 0.3 is 11.9 Å². The van der Waals surface area contributed by atoms with Crippen molar-refractivity contribution < 1.29 is 29.7 Å². The number of rotatable bonds is 9. The Morgan fingerprint density at radius 3 is 2.15 bits per heavy atom. The van der Waals surface area contributed by atoms with Crippen molar-refractivity contribution in [1.82, 2.24) is 4.90 Å². The third-order valence-corrected chi connectivity index (χ3v) is 6.37. The van der Waals surface area contributed by atoms with E-state index in [1.54, 1.807) is 17.8 Å². The second kappa shape index (κ2) is 12.8. The van der Waals surface area contributed by atoms with Crippen LogP contribution in [0.3, 0.4) is 0 Å². The van der Waals surface area contributed by atoms with Crippen LogP contribution < -0.4 is 4.90 Å². The van der Waals surface area contributed by atoms with E-state index in [2.05, 4.69) is 35.8 Å². The molecule has 0 spiro atoms. The summed E-state index contributed by atoms with van der Waals surface area (Å²) in [5.41, 5.74) is 2.25. The van der Waals surface area contributed by atoms with E-state index >= 15 is 0 Å². The van der Waals surface area contributed by atoms with E-state index in [1.165, 1.54) is 11.8 Å². The minimum atomic E-state index is -1.26. The van der Waals surface area contributed by atoms with Gasteiger partial charge in [-0.25, -0.2) is 9.59 Å². The number of fused-ring (bicyclic) bond motifs is 2. The molecule has 34 heavy (non-hydrogen) atoms. The number of carbonyl (C=O) groups excluding carboxylic acids is 1. The Kier molecular flexibility index (Phi) is 10.2. The first-order valence-corrected chi connectivity index (χ1v) is 11.8. The molecule has 0 saturated carbocycles. The molecule has 0 bridgehead atoms. The topological polar surface area (TPSA) is 118 Å². The summed E-state index contributed by atoms with van der Waals surface area (Å²) >= 11 is 1.65. The van der Waals surface area contributed by atoms with Crippen LogP contribution in [0.25, 0.3) is 0 Å². The number of anilines is 2. The van der Waals surface area contributed by atoms with Gasteiger partial charge in [-0.3, -0.25) is 4.79 Å². The molecule has 0 unspecified atom stereocenters. The van der Waals surface area contributed by atoms with Gasteiger partial charge in [-0.05, 0) is 57.2 Å². The van der Waals surface area contributed by atoms with Gasteiger partial charge in [0.25, 0.3) is 0 Å². The minimum Gasteiger partial charge on any atom is -0.505 e. The fraction of sp³-hybridized carbons (Fsp3) is 0.320. The van der Waals surface area contributed by atoms with Gasteiger partial charge in [-0.1, -0.05) is 37.7 Å². The normalized spacial score (nSPS) is 12.1. The van der Waals surface area contributed by atoms with Gasteiger partial charge in [-0.15, -0.1) is 0 Å². The van der Waals surface area contributed by atoms with Gasteiger partial charge < -0.3 is 25.1 Å². The van der Waals surface area contributed by atoms with Gasteiger partial charge in [-0.2, -0.15) is 0 Å². The van der Waals surface area contributed by atoms with Crippen molar-refractivity contribution in [2.24, 2.45) is 0 Å². The van der Waals surface area contributed by atoms with Crippen molar-refractivity contribution in [3.63, 3.8) is 0 Å². The largest absolute Gasteiger partial charge is 0.505 e. The molecule has 0 aromatic heterocycles. The number of Topliss-reactive ketones (excluding diaryl/α,β-unsaturated/α-hetero) is 1. The molecular formula is C25H30N2O6S. The second-order valence-corrected chi connectivity index (χ2v) is 8.56. The van der Waals surface area contributed by atoms with E-state index in [-0.39, 0.29) is 11.5 Å². The van der Waals surface area contributed by atoms with E-state index in [0.717, 1.165) is 48.9 Å². The highest BCUT2D eigenvalue weighted by molar-refractivity contribution is 7.99. The highest BCUT2D eigenvalue weighted by Gasteiger charge is 2.28. The molecule has 0 radical (unpaired) electrons. The van der Waals surface area contributed by atoms with Crippen LogP contribution in [0.4, 0.5) is 11.4 Å². The van der Waals surface area contributed by atoms with Crippen molar-refractivity contribution in [2.75, 3.05) is 31.1 Å². The molecule has 3 rings (SSSR count). The van der Waals surface area contributed by atoms with Gasteiger partial charge in [0.2, 0.25) is 0 Å². The van der Waals surface area contributed by atoms with Crippen LogP contribution in [0.1, 0.15) is 37.6 Å². The number of phenolic OH excluding ortho intramolecular Hbond substituents is 1. The number of phenols is 1. The Bertz CT molecular complexity index is 1050. The molecule has 0 atom stereocenters. The zero-order valence-electron chi connectivity index (χ0n) is 19.5. The van der Waals surface area contributed by atoms with Crippen LogP contribution in [0.2, 0.25) is 0 Å². The lowest BCUT2D eigenvalue weighted by atomic mass is 10.1. The molecule has 182 valence electrons. The van der Waals surface area contributed by atoms with E-state index in [9.17, 15) is 19.5 Å². The number of hydrogen-bond acceptors (Lipinski definition) is 7. The zero-order chi connectivity index (χ0) is 25.3. The SMILES string of the molecule is CCN(CC)CCCN1c2ccccc2Sc2ccc(C(C)=O)c(O)c21.O=C(O)C=CC(=O)O. The molecular weight excluding hydrogens is 456 g/mol. The number of aromatic hydroxyl groups is 1. The van der Waals surface area contributed by atoms with E-state index in [4.69, 9.17) is 10.2 Å². The second-order valence-electron chi connectivity index (χ2n) is 7.48. The Balaban J connectivity index is 0.000000440. The summed E-state index contributed by atoms with van der Waals surface area (Å²) in [6.07, 6.45) is 2.11. The van der Waals surface area contributed by atoms with Crippen LogP contribution in [0, 0.1) is 0 Å². The molecule has 9 heteroatoms. The minimum absolute atomic E-state index is 0.0971. The van der Waals surface area contributed by atoms with Crippen LogP contribution in [-0.2, 0) is 9.59 Å². The van der Waals surface area contributed by atoms with Crippen molar-refractivity contribution in [2.45, 2.75) is 37.0 Å². The average molecular weight is 487 g/mol. The quantitative estimate of drug-likeness (QED) is 0.344. The Morgan fingerprint density at radius 1 is 0.971 bits per heavy atom. The first kappa shape index (κ1) is 26.9. The molecule has 0 amide bonds. The highest BCUT2D eigenvalue weighted by Crippen LogP contribution is 2.52. The predicted molar refractivity (Wildman–Crippen MR) is 132 cm³/mol. The number of carboxylic acid groups (broad SMARTS) is 2. The first-order valence-electron chi connectivity index (χ1n) is 11.0. The highest BCUT2D eigenvalue weighted by atomic mass is 32.2. The summed E-state index contributed by atoms with van der Waals surface area (Å²) in [6, 6.07) is 11.9. The van der Waals surface area contributed by atoms with Gasteiger partial charge in [0.15, 0.2) is 11.5 Å². The van der Waals surface area contributed by atoms with E-state index in [1.807, 2.05) is 18.2 Å². The van der Waals surface area contributed by atoms with Crippen LogP contribution in [-0.4, -0.2) is 64.1 Å². The number of aliphatic carboxylic acids is 2. The Hall–Kier alpha value is -3.30. The first-order chi connectivity index (χ1) is 16.2. The van der Waals surface area contributed by atoms with Crippen molar-refractivity contribution in [3.8, 4) is 5.75 Å². The van der Waals surface area contributed by atoms with Crippen LogP contribution in [0.15, 0.2) is 58.3 Å². The van der Waals surface area contributed by atoms with E-state index in [0.29, 0.717) is 17.7 Å². The van der Waals surface area contributed by atoms with Gasteiger partial charge in [0.05, 0.1) is 16.9 Å². The molecule has 1 aliphatic heterocycles. The Morgan fingerprint density at radius 2 is 1.59 bits per heavy atom. The number of para-hydroxylation sites is 1. The molecule has 8 nitrogen and oxygen atoms in total. The lowest BCUT2D eigenvalue weighted by Gasteiger charge is -2.34. The maximum Gasteiger partial charge on any atom is 0.328 e. The lowest BCUT2D eigenvalue weighted by Crippen LogP contribution is -2.29. The fourth-order valence-corrected chi connectivity index (χ4v) is 4.67. The fourth-order valence-electron chi connectivity index (χ4n) is 3.56. The monoisotopic (exact) mass is 486 g/mol. The van der Waals surface area contributed by atoms with Gasteiger partial charge in [0.1, 0.15) is 0 Å². The lowest BCUT2D eigenvalue weighted by molar-refractivity contribution is -0.134. The van der Waals surface area contributed by atoms with Crippen LogP contribution >= 0.6 is 11.8 Å². The van der Waals surface area contributed by atoms with Crippen molar-refractivity contribution in [3.05, 3.63) is 54.1 Å². The number of benzene rings is 2.